The minimum absolute atomic E-state index is 0.201. The lowest BCUT2D eigenvalue weighted by Gasteiger charge is -2.00. The monoisotopic (exact) mass is 126 g/mol. The molecule has 0 aromatic carbocycles. The first-order chi connectivity index (χ1) is 4.16. The first-order valence-electron chi connectivity index (χ1n) is 3.08. The van der Waals surface area contributed by atoms with E-state index in [0.717, 1.165) is 17.6 Å². The van der Waals surface area contributed by atoms with Crippen molar-refractivity contribution >= 4 is 0 Å². The molecular weight excluding hydrogens is 112 g/mol. The summed E-state index contributed by atoms with van der Waals surface area (Å²) in [6.45, 7) is 9.66. The molecule has 0 unspecified atom stereocenters. The van der Waals surface area contributed by atoms with Crippen LogP contribution in [0.15, 0.2) is 24.3 Å². The zero-order chi connectivity index (χ0) is 7.28. The Morgan fingerprint density at radius 3 is 2.33 bits per heavy atom. The second-order valence-corrected chi connectivity index (χ2v) is 2.36. The molecule has 0 atom stereocenters. The molecule has 1 nitrogen and oxygen atoms in total. The molecule has 0 saturated carbocycles. The predicted molar refractivity (Wildman–Crippen MR) is 40.3 cm³/mol. The van der Waals surface area contributed by atoms with E-state index in [1.807, 2.05) is 6.92 Å². The van der Waals surface area contributed by atoms with Crippen LogP contribution in [0, 0.1) is 0 Å². The molecule has 0 bridgehead atoms. The van der Waals surface area contributed by atoms with E-state index in [9.17, 15) is 0 Å². The number of rotatable bonds is 4. The maximum atomic E-state index is 8.46. The smallest absolute Gasteiger partial charge is 0.0468 e. The van der Waals surface area contributed by atoms with Gasteiger partial charge in [0.1, 0.15) is 0 Å². The molecule has 0 aliphatic heterocycles. The zero-order valence-corrected chi connectivity index (χ0v) is 5.98. The third-order valence-corrected chi connectivity index (χ3v) is 1.02. The second-order valence-electron chi connectivity index (χ2n) is 2.36. The third kappa shape index (κ3) is 5.31. The average molecular weight is 126 g/mol. The van der Waals surface area contributed by atoms with Gasteiger partial charge in [0.2, 0.25) is 0 Å². The molecule has 0 heterocycles. The minimum atomic E-state index is 0.201. The lowest BCUT2D eigenvalue weighted by atomic mass is 10.1. The lowest BCUT2D eigenvalue weighted by molar-refractivity contribution is 0.298. The summed E-state index contributed by atoms with van der Waals surface area (Å²) < 4.78 is 0. The van der Waals surface area contributed by atoms with Crippen molar-refractivity contribution in [3.05, 3.63) is 24.3 Å². The van der Waals surface area contributed by atoms with Crippen LogP contribution in [0.25, 0.3) is 0 Å². The molecule has 9 heavy (non-hydrogen) atoms. The van der Waals surface area contributed by atoms with E-state index in [4.69, 9.17) is 5.11 Å². The van der Waals surface area contributed by atoms with Crippen LogP contribution in [0.3, 0.4) is 0 Å². The number of allylic oxidation sites excluding steroid dienone is 1. The summed E-state index contributed by atoms with van der Waals surface area (Å²) in [4.78, 5) is 0. The first-order valence-corrected chi connectivity index (χ1v) is 3.08. The van der Waals surface area contributed by atoms with Crippen LogP contribution in [-0.2, 0) is 0 Å². The highest BCUT2D eigenvalue weighted by molar-refractivity contribution is 5.06. The normalized spacial score (nSPS) is 9.11. The highest BCUT2D eigenvalue weighted by Gasteiger charge is 1.91. The molecular formula is C8H14O. The second kappa shape index (κ2) is 4.33. The quantitative estimate of drug-likeness (QED) is 0.570. The van der Waals surface area contributed by atoms with Gasteiger partial charge in [0.15, 0.2) is 0 Å². The Hall–Kier alpha value is -0.560. The van der Waals surface area contributed by atoms with Gasteiger partial charge in [-0.1, -0.05) is 24.3 Å². The maximum Gasteiger partial charge on any atom is 0.0468 e. The Kier molecular flexibility index (Phi) is 4.06. The van der Waals surface area contributed by atoms with E-state index in [0.29, 0.717) is 6.42 Å². The van der Waals surface area contributed by atoms with Gasteiger partial charge in [-0.2, -0.15) is 0 Å². The third-order valence-electron chi connectivity index (χ3n) is 1.02. The SMILES string of the molecule is C=C(C)CC(=C)CCO. The van der Waals surface area contributed by atoms with Gasteiger partial charge in [0.25, 0.3) is 0 Å². The van der Waals surface area contributed by atoms with Crippen molar-refractivity contribution in [2.75, 3.05) is 6.61 Å². The average Bonchev–Trinajstić information content (AvgIpc) is 1.63. The van der Waals surface area contributed by atoms with E-state index >= 15 is 0 Å². The van der Waals surface area contributed by atoms with E-state index < -0.39 is 0 Å². The molecule has 0 aromatic rings. The van der Waals surface area contributed by atoms with Crippen molar-refractivity contribution < 1.29 is 5.11 Å². The Morgan fingerprint density at radius 1 is 1.44 bits per heavy atom. The van der Waals surface area contributed by atoms with Crippen LogP contribution < -0.4 is 0 Å². The highest BCUT2D eigenvalue weighted by atomic mass is 16.2. The molecule has 52 valence electrons. The van der Waals surface area contributed by atoms with Crippen molar-refractivity contribution in [1.29, 1.82) is 0 Å². The summed E-state index contributed by atoms with van der Waals surface area (Å²) in [6.07, 6.45) is 1.55. The van der Waals surface area contributed by atoms with Crippen LogP contribution in [0.1, 0.15) is 19.8 Å². The number of hydrogen-bond donors (Lipinski definition) is 1. The molecule has 0 spiro atoms. The van der Waals surface area contributed by atoms with Gasteiger partial charge in [-0.05, 0) is 19.8 Å². The minimum Gasteiger partial charge on any atom is -0.396 e. The fourth-order valence-corrected chi connectivity index (χ4v) is 0.673. The molecule has 0 rings (SSSR count). The molecule has 0 amide bonds. The molecule has 0 radical (unpaired) electrons. The van der Waals surface area contributed by atoms with E-state index in [-0.39, 0.29) is 6.61 Å². The van der Waals surface area contributed by atoms with Crippen molar-refractivity contribution in [1.82, 2.24) is 0 Å². The largest absolute Gasteiger partial charge is 0.396 e. The summed E-state index contributed by atoms with van der Waals surface area (Å²) in [5.74, 6) is 0. The van der Waals surface area contributed by atoms with Gasteiger partial charge >= 0.3 is 0 Å². The lowest BCUT2D eigenvalue weighted by Crippen LogP contribution is -1.87. The highest BCUT2D eigenvalue weighted by Crippen LogP contribution is 2.08. The van der Waals surface area contributed by atoms with Crippen molar-refractivity contribution in [3.63, 3.8) is 0 Å². The predicted octanol–water partition coefficient (Wildman–Crippen LogP) is 1.89. The van der Waals surface area contributed by atoms with Gasteiger partial charge in [-0.15, -0.1) is 0 Å². The van der Waals surface area contributed by atoms with Crippen LogP contribution in [0.2, 0.25) is 0 Å². The van der Waals surface area contributed by atoms with E-state index in [1.54, 1.807) is 0 Å². The van der Waals surface area contributed by atoms with Crippen LogP contribution >= 0.6 is 0 Å². The maximum absolute atomic E-state index is 8.46. The summed E-state index contributed by atoms with van der Waals surface area (Å²) in [5, 5.41) is 8.46. The Bertz CT molecular complexity index is 114. The zero-order valence-electron chi connectivity index (χ0n) is 5.98. The van der Waals surface area contributed by atoms with Crippen LogP contribution in [-0.4, -0.2) is 11.7 Å². The van der Waals surface area contributed by atoms with Crippen LogP contribution in [0.5, 0.6) is 0 Å². The number of hydrogen-bond acceptors (Lipinski definition) is 1. The summed E-state index contributed by atoms with van der Waals surface area (Å²) in [6, 6.07) is 0. The standard InChI is InChI=1S/C8H14O/c1-7(2)6-8(3)4-5-9/h9H,1,3-6H2,2H3. The topological polar surface area (TPSA) is 20.2 Å². The molecule has 0 aliphatic rings. The molecule has 0 saturated heterocycles. The summed E-state index contributed by atoms with van der Waals surface area (Å²) in [5.41, 5.74) is 2.17. The van der Waals surface area contributed by atoms with E-state index in [2.05, 4.69) is 13.2 Å². The fraction of sp³-hybridized carbons (Fsp3) is 0.500. The number of aliphatic hydroxyl groups excluding tert-OH is 1. The Labute approximate surface area is 56.7 Å². The van der Waals surface area contributed by atoms with Gasteiger partial charge in [-0.25, -0.2) is 0 Å². The van der Waals surface area contributed by atoms with Crippen molar-refractivity contribution in [2.24, 2.45) is 0 Å². The van der Waals surface area contributed by atoms with Gasteiger partial charge < -0.3 is 5.11 Å². The molecule has 0 aliphatic carbocycles. The van der Waals surface area contributed by atoms with Gasteiger partial charge in [-0.3, -0.25) is 0 Å². The molecule has 0 aromatic heterocycles. The molecule has 1 N–H and O–H groups in total. The van der Waals surface area contributed by atoms with Gasteiger partial charge in [0, 0.05) is 6.61 Å². The molecule has 1 heteroatoms. The first kappa shape index (κ1) is 8.44. The van der Waals surface area contributed by atoms with Crippen molar-refractivity contribution in [3.8, 4) is 0 Å². The van der Waals surface area contributed by atoms with Gasteiger partial charge in [0.05, 0.1) is 0 Å². The Morgan fingerprint density at radius 2 is 2.00 bits per heavy atom. The van der Waals surface area contributed by atoms with Crippen LogP contribution in [0.4, 0.5) is 0 Å². The summed E-state index contributed by atoms with van der Waals surface area (Å²) in [7, 11) is 0. The Balaban J connectivity index is 3.39. The van der Waals surface area contributed by atoms with Crippen molar-refractivity contribution in [2.45, 2.75) is 19.8 Å². The number of aliphatic hydroxyl groups is 1. The summed E-state index contributed by atoms with van der Waals surface area (Å²) >= 11 is 0. The van der Waals surface area contributed by atoms with E-state index in [1.165, 1.54) is 0 Å². The molecule has 0 fully saturated rings. The fourth-order valence-electron chi connectivity index (χ4n) is 0.673.